The van der Waals surface area contributed by atoms with Crippen LogP contribution in [-0.4, -0.2) is 54.3 Å². The topological polar surface area (TPSA) is 92.7 Å². The average Bonchev–Trinajstić information content (AvgIpc) is 2.66. The quantitative estimate of drug-likeness (QED) is 0.798. The number of nitrogens with zero attached hydrogens (tertiary/aromatic N) is 2. The van der Waals surface area contributed by atoms with E-state index in [0.29, 0.717) is 35.9 Å². The lowest BCUT2D eigenvalue weighted by Gasteiger charge is -2.22. The van der Waals surface area contributed by atoms with E-state index in [4.69, 9.17) is 23.1 Å². The number of halogens is 1. The lowest BCUT2D eigenvalue weighted by molar-refractivity contribution is -0.119. The number of carbonyl (C=O) groups excluding carboxylic acids is 2. The lowest BCUT2D eigenvalue weighted by atomic mass is 10.1. The summed E-state index contributed by atoms with van der Waals surface area (Å²) in [5.74, 6) is -0.482. The molecule has 0 atom stereocenters. The zero-order valence-electron chi connectivity index (χ0n) is 11.7. The van der Waals surface area contributed by atoms with Crippen LogP contribution in [0, 0.1) is 0 Å². The molecule has 1 saturated heterocycles. The minimum Gasteiger partial charge on any atom is -0.398 e. The van der Waals surface area contributed by atoms with Crippen molar-refractivity contribution in [3.63, 3.8) is 0 Å². The molecule has 1 aliphatic rings. The normalized spacial score (nSPS) is 16.5. The summed E-state index contributed by atoms with van der Waals surface area (Å²) < 4.78 is 0. The zero-order valence-corrected chi connectivity index (χ0v) is 12.5. The van der Waals surface area contributed by atoms with Crippen molar-refractivity contribution in [2.24, 2.45) is 5.73 Å². The van der Waals surface area contributed by atoms with Gasteiger partial charge in [-0.25, -0.2) is 0 Å². The number of hydrogen-bond acceptors (Lipinski definition) is 4. The molecule has 2 amide bonds. The molecule has 0 spiro atoms. The van der Waals surface area contributed by atoms with Gasteiger partial charge in [-0.15, -0.1) is 0 Å². The van der Waals surface area contributed by atoms with Crippen LogP contribution in [0.15, 0.2) is 18.2 Å². The van der Waals surface area contributed by atoms with Crippen molar-refractivity contribution < 1.29 is 9.59 Å². The van der Waals surface area contributed by atoms with Crippen molar-refractivity contribution in [2.75, 3.05) is 38.5 Å². The van der Waals surface area contributed by atoms with Gasteiger partial charge in [-0.2, -0.15) is 0 Å². The Labute approximate surface area is 128 Å². The molecule has 1 aromatic carbocycles. The van der Waals surface area contributed by atoms with Gasteiger partial charge in [-0.05, 0) is 24.6 Å². The van der Waals surface area contributed by atoms with Gasteiger partial charge in [-0.3, -0.25) is 14.5 Å². The number of primary amides is 1. The summed E-state index contributed by atoms with van der Waals surface area (Å²) in [4.78, 5) is 27.2. The molecule has 0 saturated carbocycles. The summed E-state index contributed by atoms with van der Waals surface area (Å²) in [7, 11) is 0. The number of benzene rings is 1. The second-order valence-corrected chi connectivity index (χ2v) is 5.56. The lowest BCUT2D eigenvalue weighted by Crippen LogP contribution is -2.38. The van der Waals surface area contributed by atoms with E-state index in [9.17, 15) is 9.59 Å². The minimum absolute atomic E-state index is 0.129. The van der Waals surface area contributed by atoms with Crippen LogP contribution in [0.2, 0.25) is 5.02 Å². The van der Waals surface area contributed by atoms with Gasteiger partial charge in [0.25, 0.3) is 5.91 Å². The molecular formula is C14H19ClN4O2. The SMILES string of the molecule is NC(=O)CN1CCCN(C(=O)c2cc(Cl)ccc2N)CC1. The van der Waals surface area contributed by atoms with Gasteiger partial charge < -0.3 is 16.4 Å². The molecular weight excluding hydrogens is 292 g/mol. The van der Waals surface area contributed by atoms with E-state index in [1.807, 2.05) is 4.90 Å². The van der Waals surface area contributed by atoms with E-state index in [2.05, 4.69) is 0 Å². The predicted molar refractivity (Wildman–Crippen MR) is 82.0 cm³/mol. The first-order chi connectivity index (χ1) is 9.97. The fourth-order valence-corrected chi connectivity index (χ4v) is 2.61. The van der Waals surface area contributed by atoms with Gasteiger partial charge in [-0.1, -0.05) is 11.6 Å². The molecule has 0 radical (unpaired) electrons. The Kier molecular flexibility index (Phi) is 5.03. The Hall–Kier alpha value is -1.79. The number of anilines is 1. The fourth-order valence-electron chi connectivity index (χ4n) is 2.44. The molecule has 4 N–H and O–H groups in total. The molecule has 2 rings (SSSR count). The Morgan fingerprint density at radius 3 is 2.67 bits per heavy atom. The van der Waals surface area contributed by atoms with E-state index < -0.39 is 0 Å². The van der Waals surface area contributed by atoms with Crippen LogP contribution >= 0.6 is 11.6 Å². The molecule has 0 aliphatic carbocycles. The van der Waals surface area contributed by atoms with E-state index in [-0.39, 0.29) is 18.4 Å². The Morgan fingerprint density at radius 2 is 1.95 bits per heavy atom. The van der Waals surface area contributed by atoms with Crippen molar-refractivity contribution in [3.8, 4) is 0 Å². The van der Waals surface area contributed by atoms with Gasteiger partial charge in [0, 0.05) is 36.9 Å². The minimum atomic E-state index is -0.353. The maximum atomic E-state index is 12.5. The number of nitrogen functional groups attached to an aromatic ring is 1. The second-order valence-electron chi connectivity index (χ2n) is 5.12. The standard InChI is InChI=1S/C14H19ClN4O2/c15-10-2-3-12(16)11(8-10)14(21)19-5-1-4-18(6-7-19)9-13(17)20/h2-3,8H,1,4-7,9,16H2,(H2,17,20). The second kappa shape index (κ2) is 6.78. The molecule has 6 nitrogen and oxygen atoms in total. The number of amides is 2. The molecule has 0 unspecified atom stereocenters. The summed E-state index contributed by atoms with van der Waals surface area (Å²) in [6, 6.07) is 4.88. The van der Waals surface area contributed by atoms with Crippen LogP contribution in [-0.2, 0) is 4.79 Å². The van der Waals surface area contributed by atoms with E-state index >= 15 is 0 Å². The van der Waals surface area contributed by atoms with Crippen LogP contribution in [0.4, 0.5) is 5.69 Å². The van der Waals surface area contributed by atoms with Crippen LogP contribution in [0.1, 0.15) is 16.8 Å². The molecule has 1 aliphatic heterocycles. The first-order valence-corrected chi connectivity index (χ1v) is 7.20. The molecule has 0 bridgehead atoms. The molecule has 1 fully saturated rings. The highest BCUT2D eigenvalue weighted by Crippen LogP contribution is 2.20. The molecule has 114 valence electrons. The molecule has 0 aromatic heterocycles. The summed E-state index contributed by atoms with van der Waals surface area (Å²) in [5.41, 5.74) is 11.9. The summed E-state index contributed by atoms with van der Waals surface area (Å²) in [5, 5.41) is 0.484. The third-order valence-corrected chi connectivity index (χ3v) is 3.74. The number of rotatable bonds is 3. The summed E-state index contributed by atoms with van der Waals surface area (Å²) >= 11 is 5.93. The van der Waals surface area contributed by atoms with Gasteiger partial charge in [0.15, 0.2) is 0 Å². The first-order valence-electron chi connectivity index (χ1n) is 6.82. The van der Waals surface area contributed by atoms with Crippen LogP contribution < -0.4 is 11.5 Å². The number of hydrogen-bond donors (Lipinski definition) is 2. The first kappa shape index (κ1) is 15.6. The highest BCUT2D eigenvalue weighted by atomic mass is 35.5. The summed E-state index contributed by atoms with van der Waals surface area (Å²) in [6.45, 7) is 2.76. The maximum absolute atomic E-state index is 12.5. The summed E-state index contributed by atoms with van der Waals surface area (Å²) in [6.07, 6.45) is 0.791. The van der Waals surface area contributed by atoms with Crippen LogP contribution in [0.3, 0.4) is 0 Å². The molecule has 1 aromatic rings. The van der Waals surface area contributed by atoms with Crippen molar-refractivity contribution >= 4 is 29.1 Å². The number of carbonyl (C=O) groups is 2. The average molecular weight is 311 g/mol. The Bertz CT molecular complexity index is 550. The van der Waals surface area contributed by atoms with Gasteiger partial charge >= 0.3 is 0 Å². The fraction of sp³-hybridized carbons (Fsp3) is 0.429. The van der Waals surface area contributed by atoms with E-state index in [0.717, 1.165) is 13.0 Å². The Balaban J connectivity index is 2.06. The van der Waals surface area contributed by atoms with Crippen molar-refractivity contribution in [2.45, 2.75) is 6.42 Å². The molecule has 7 heteroatoms. The monoisotopic (exact) mass is 310 g/mol. The van der Waals surface area contributed by atoms with Crippen LogP contribution in [0.25, 0.3) is 0 Å². The predicted octanol–water partition coefficient (Wildman–Crippen LogP) is 0.555. The smallest absolute Gasteiger partial charge is 0.256 e. The van der Waals surface area contributed by atoms with Gasteiger partial charge in [0.1, 0.15) is 0 Å². The Morgan fingerprint density at radius 1 is 1.19 bits per heavy atom. The largest absolute Gasteiger partial charge is 0.398 e. The molecule has 1 heterocycles. The highest BCUT2D eigenvalue weighted by Gasteiger charge is 2.22. The van der Waals surface area contributed by atoms with Crippen molar-refractivity contribution in [3.05, 3.63) is 28.8 Å². The van der Waals surface area contributed by atoms with Gasteiger partial charge in [0.2, 0.25) is 5.91 Å². The van der Waals surface area contributed by atoms with Crippen molar-refractivity contribution in [1.29, 1.82) is 0 Å². The van der Waals surface area contributed by atoms with Gasteiger partial charge in [0.05, 0.1) is 12.1 Å². The van der Waals surface area contributed by atoms with E-state index in [1.54, 1.807) is 23.1 Å². The van der Waals surface area contributed by atoms with Crippen LogP contribution in [0.5, 0.6) is 0 Å². The number of nitrogens with two attached hydrogens (primary N) is 2. The van der Waals surface area contributed by atoms with E-state index in [1.165, 1.54) is 0 Å². The molecule has 21 heavy (non-hydrogen) atoms. The highest BCUT2D eigenvalue weighted by molar-refractivity contribution is 6.31. The zero-order chi connectivity index (χ0) is 15.4. The third kappa shape index (κ3) is 4.09. The maximum Gasteiger partial charge on any atom is 0.256 e. The van der Waals surface area contributed by atoms with Crippen molar-refractivity contribution in [1.82, 2.24) is 9.80 Å². The third-order valence-electron chi connectivity index (χ3n) is 3.50.